The van der Waals surface area contributed by atoms with Crippen molar-refractivity contribution in [3.8, 4) is 22.3 Å². The van der Waals surface area contributed by atoms with Crippen LogP contribution in [0.3, 0.4) is 0 Å². The molecule has 0 aliphatic heterocycles. The third-order valence-corrected chi connectivity index (χ3v) is 9.99. The molecule has 0 saturated carbocycles. The summed E-state index contributed by atoms with van der Waals surface area (Å²) in [6.45, 7) is 0. The topological polar surface area (TPSA) is 0 Å². The SMILES string of the molecule is c1ccc2cc(-c3c4ccccc4c(-c4ccc5c6ccccc6c6ccccc6c5c4)c4c3ccc3ccccc34)ccc2c1. The van der Waals surface area contributed by atoms with Crippen molar-refractivity contribution in [1.82, 2.24) is 0 Å². The molecule has 0 unspecified atom stereocenters. The zero-order chi connectivity index (χ0) is 30.2. The number of fused-ring (bicyclic) bond motifs is 11. The standard InChI is InChI=1S/C46H28/c1-2-13-31-27-32(22-21-29(31)11-1)44-40-19-9-10-20-41(40)45(46-34-14-4-3-12-30(34)23-26-42(44)46)33-24-25-39-37-17-6-5-15-35(37)36-16-7-8-18-38(36)43(39)28-33/h1-28H. The third kappa shape index (κ3) is 3.62. The molecular formula is C46H28. The highest BCUT2D eigenvalue weighted by atomic mass is 14.2. The fourth-order valence-electron chi connectivity index (χ4n) is 7.97. The second kappa shape index (κ2) is 9.76. The van der Waals surface area contributed by atoms with E-state index in [9.17, 15) is 0 Å². The number of rotatable bonds is 2. The van der Waals surface area contributed by atoms with E-state index in [1.54, 1.807) is 0 Å². The molecule has 0 radical (unpaired) electrons. The van der Waals surface area contributed by atoms with Gasteiger partial charge in [-0.2, -0.15) is 0 Å². The van der Waals surface area contributed by atoms with Crippen LogP contribution in [0.4, 0.5) is 0 Å². The van der Waals surface area contributed by atoms with E-state index in [1.165, 1.54) is 97.7 Å². The van der Waals surface area contributed by atoms with Gasteiger partial charge in [0.1, 0.15) is 0 Å². The third-order valence-electron chi connectivity index (χ3n) is 9.99. The predicted octanol–water partition coefficient (Wildman–Crippen LogP) is 13.1. The van der Waals surface area contributed by atoms with Crippen LogP contribution in [0.25, 0.3) is 97.7 Å². The van der Waals surface area contributed by atoms with Gasteiger partial charge < -0.3 is 0 Å². The molecule has 0 spiro atoms. The zero-order valence-electron chi connectivity index (χ0n) is 25.2. The molecule has 0 saturated heterocycles. The van der Waals surface area contributed by atoms with E-state index >= 15 is 0 Å². The van der Waals surface area contributed by atoms with Crippen LogP contribution in [0.1, 0.15) is 0 Å². The van der Waals surface area contributed by atoms with E-state index in [-0.39, 0.29) is 0 Å². The van der Waals surface area contributed by atoms with Crippen molar-refractivity contribution in [2.24, 2.45) is 0 Å². The second-order valence-electron chi connectivity index (χ2n) is 12.4. The van der Waals surface area contributed by atoms with E-state index < -0.39 is 0 Å². The summed E-state index contributed by atoms with van der Waals surface area (Å²) in [6.07, 6.45) is 0. The molecule has 10 aromatic carbocycles. The lowest BCUT2D eigenvalue weighted by molar-refractivity contribution is 1.69. The average Bonchev–Trinajstić information content (AvgIpc) is 3.13. The molecule has 0 N–H and O–H groups in total. The number of benzene rings is 10. The predicted molar refractivity (Wildman–Crippen MR) is 200 cm³/mol. The minimum atomic E-state index is 1.25. The van der Waals surface area contributed by atoms with Gasteiger partial charge in [0, 0.05) is 0 Å². The van der Waals surface area contributed by atoms with Crippen molar-refractivity contribution >= 4 is 75.4 Å². The van der Waals surface area contributed by atoms with Crippen LogP contribution in [0.5, 0.6) is 0 Å². The first-order chi connectivity index (χ1) is 22.8. The van der Waals surface area contributed by atoms with E-state index in [4.69, 9.17) is 0 Å². The van der Waals surface area contributed by atoms with E-state index in [1.807, 2.05) is 0 Å². The minimum absolute atomic E-state index is 1.25. The minimum Gasteiger partial charge on any atom is -0.0616 e. The highest BCUT2D eigenvalue weighted by molar-refractivity contribution is 6.30. The maximum absolute atomic E-state index is 2.45. The molecule has 212 valence electrons. The van der Waals surface area contributed by atoms with Crippen LogP contribution in [0.2, 0.25) is 0 Å². The molecule has 0 aromatic heterocycles. The fourth-order valence-corrected chi connectivity index (χ4v) is 7.97. The monoisotopic (exact) mass is 580 g/mol. The molecule has 0 heteroatoms. The van der Waals surface area contributed by atoms with Crippen molar-refractivity contribution in [2.75, 3.05) is 0 Å². The van der Waals surface area contributed by atoms with Crippen molar-refractivity contribution in [1.29, 1.82) is 0 Å². The van der Waals surface area contributed by atoms with Crippen LogP contribution in [0, 0.1) is 0 Å². The van der Waals surface area contributed by atoms with Gasteiger partial charge in [0.25, 0.3) is 0 Å². The summed E-state index contributed by atoms with van der Waals surface area (Å²) < 4.78 is 0. The van der Waals surface area contributed by atoms with Crippen molar-refractivity contribution in [3.05, 3.63) is 170 Å². The van der Waals surface area contributed by atoms with Crippen LogP contribution in [-0.4, -0.2) is 0 Å². The largest absolute Gasteiger partial charge is 0.0616 e. The van der Waals surface area contributed by atoms with Gasteiger partial charge in [-0.3, -0.25) is 0 Å². The van der Waals surface area contributed by atoms with E-state index in [0.29, 0.717) is 0 Å². The Kier molecular flexibility index (Phi) is 5.38. The zero-order valence-corrected chi connectivity index (χ0v) is 25.2. The van der Waals surface area contributed by atoms with Gasteiger partial charge in [-0.25, -0.2) is 0 Å². The smallest absolute Gasteiger partial charge is 0.00141 e. The van der Waals surface area contributed by atoms with Gasteiger partial charge in [-0.1, -0.05) is 158 Å². The summed E-state index contributed by atoms with van der Waals surface area (Å²) in [6, 6.07) is 62.9. The molecule has 46 heavy (non-hydrogen) atoms. The summed E-state index contributed by atoms with van der Waals surface area (Å²) in [5.41, 5.74) is 5.09. The number of hydrogen-bond acceptors (Lipinski definition) is 0. The Balaban J connectivity index is 1.39. The van der Waals surface area contributed by atoms with Gasteiger partial charge >= 0.3 is 0 Å². The van der Waals surface area contributed by atoms with Crippen molar-refractivity contribution < 1.29 is 0 Å². The maximum Gasteiger partial charge on any atom is -0.00141 e. The molecule has 0 heterocycles. The fraction of sp³-hybridized carbons (Fsp3) is 0. The molecule has 0 aliphatic rings. The van der Waals surface area contributed by atoms with Gasteiger partial charge in [-0.05, 0) is 110 Å². The Morgan fingerprint density at radius 2 is 0.652 bits per heavy atom. The molecule has 0 aliphatic carbocycles. The molecular weight excluding hydrogens is 553 g/mol. The van der Waals surface area contributed by atoms with Crippen molar-refractivity contribution in [2.45, 2.75) is 0 Å². The Hall–Kier alpha value is -5.98. The Bertz CT molecular complexity index is 2820. The molecule has 0 nitrogen and oxygen atoms in total. The van der Waals surface area contributed by atoms with Gasteiger partial charge in [0.15, 0.2) is 0 Å². The second-order valence-corrected chi connectivity index (χ2v) is 12.4. The van der Waals surface area contributed by atoms with Crippen LogP contribution >= 0.6 is 0 Å². The highest BCUT2D eigenvalue weighted by Gasteiger charge is 2.20. The first-order valence-electron chi connectivity index (χ1n) is 16.0. The van der Waals surface area contributed by atoms with Crippen LogP contribution in [-0.2, 0) is 0 Å². The lowest BCUT2D eigenvalue weighted by atomic mass is 9.83. The van der Waals surface area contributed by atoms with Gasteiger partial charge in [0.2, 0.25) is 0 Å². The lowest BCUT2D eigenvalue weighted by Gasteiger charge is -2.20. The molecule has 0 bridgehead atoms. The Morgan fingerprint density at radius 1 is 0.217 bits per heavy atom. The first kappa shape index (κ1) is 25.4. The van der Waals surface area contributed by atoms with Gasteiger partial charge in [0.05, 0.1) is 0 Å². The first-order valence-corrected chi connectivity index (χ1v) is 16.0. The van der Waals surface area contributed by atoms with Gasteiger partial charge in [-0.15, -0.1) is 0 Å². The highest BCUT2D eigenvalue weighted by Crippen LogP contribution is 2.47. The maximum atomic E-state index is 2.45. The summed E-state index contributed by atoms with van der Waals surface area (Å²) in [7, 11) is 0. The summed E-state index contributed by atoms with van der Waals surface area (Å²) >= 11 is 0. The van der Waals surface area contributed by atoms with Crippen molar-refractivity contribution in [3.63, 3.8) is 0 Å². The van der Waals surface area contributed by atoms with E-state index in [2.05, 4.69) is 170 Å². The molecule has 0 atom stereocenters. The Morgan fingerprint density at radius 3 is 1.35 bits per heavy atom. The molecule has 0 fully saturated rings. The molecule has 10 aromatic rings. The Labute approximate surface area is 266 Å². The normalized spacial score (nSPS) is 11.9. The quantitative estimate of drug-likeness (QED) is 0.141. The van der Waals surface area contributed by atoms with Crippen LogP contribution in [0.15, 0.2) is 170 Å². The molecule has 10 rings (SSSR count). The number of hydrogen-bond donors (Lipinski definition) is 0. The summed E-state index contributed by atoms with van der Waals surface area (Å²) in [5.74, 6) is 0. The van der Waals surface area contributed by atoms with Crippen LogP contribution < -0.4 is 0 Å². The summed E-state index contributed by atoms with van der Waals surface area (Å²) in [5, 5.41) is 18.0. The average molecular weight is 581 g/mol. The summed E-state index contributed by atoms with van der Waals surface area (Å²) in [4.78, 5) is 0. The van der Waals surface area contributed by atoms with E-state index in [0.717, 1.165) is 0 Å². The lowest BCUT2D eigenvalue weighted by Crippen LogP contribution is -1.93. The molecule has 0 amide bonds.